The van der Waals surface area contributed by atoms with E-state index in [1.54, 1.807) is 18.2 Å². The summed E-state index contributed by atoms with van der Waals surface area (Å²) in [7, 11) is -3.52. The molecule has 0 amide bonds. The van der Waals surface area contributed by atoms with Crippen molar-refractivity contribution in [2.24, 2.45) is 0 Å². The molecule has 2 aromatic rings. The molecule has 0 atom stereocenters. The molecule has 1 aliphatic carbocycles. The predicted molar refractivity (Wildman–Crippen MR) is 94.1 cm³/mol. The summed E-state index contributed by atoms with van der Waals surface area (Å²) < 4.78 is 28.7. The molecule has 3 rings (SSSR count). The van der Waals surface area contributed by atoms with Gasteiger partial charge in [0, 0.05) is 26.7 Å². The van der Waals surface area contributed by atoms with Crippen LogP contribution < -0.4 is 10.0 Å². The number of hydrogen-bond donors (Lipinski definition) is 2. The van der Waals surface area contributed by atoms with Crippen molar-refractivity contribution >= 4 is 49.6 Å². The number of nitrogens with one attached hydrogen (secondary N) is 2. The van der Waals surface area contributed by atoms with E-state index in [1.165, 1.54) is 24.2 Å². The Morgan fingerprint density at radius 3 is 2.57 bits per heavy atom. The highest BCUT2D eigenvalue weighted by Gasteiger charge is 2.23. The molecule has 1 fully saturated rings. The van der Waals surface area contributed by atoms with Crippen LogP contribution in [0.25, 0.3) is 0 Å². The first kappa shape index (κ1) is 15.3. The van der Waals surface area contributed by atoms with Crippen molar-refractivity contribution in [3.05, 3.63) is 44.2 Å². The summed E-state index contributed by atoms with van der Waals surface area (Å²) in [5, 5.41) is 5.19. The summed E-state index contributed by atoms with van der Waals surface area (Å²) in [6.45, 7) is 0.616. The number of benzene rings is 1. The van der Waals surface area contributed by atoms with Crippen molar-refractivity contribution in [3.63, 3.8) is 0 Å². The molecule has 0 bridgehead atoms. The zero-order valence-corrected chi connectivity index (χ0v) is 15.0. The summed E-state index contributed by atoms with van der Waals surface area (Å²) in [4.78, 5) is 1.24. The van der Waals surface area contributed by atoms with Gasteiger partial charge in [0.25, 0.3) is 10.0 Å². The summed E-state index contributed by atoms with van der Waals surface area (Å²) in [6, 6.07) is 9.53. The zero-order valence-electron chi connectivity index (χ0n) is 11.2. The molecule has 21 heavy (non-hydrogen) atoms. The maximum absolute atomic E-state index is 12.5. The fourth-order valence-corrected chi connectivity index (χ4v) is 4.76. The van der Waals surface area contributed by atoms with Gasteiger partial charge in [0.05, 0.1) is 0 Å². The van der Waals surface area contributed by atoms with E-state index in [9.17, 15) is 8.42 Å². The molecule has 1 heterocycles. The van der Waals surface area contributed by atoms with Crippen LogP contribution in [0.15, 0.2) is 40.6 Å². The van der Waals surface area contributed by atoms with Crippen LogP contribution in [0.3, 0.4) is 0 Å². The second kappa shape index (κ2) is 6.23. The lowest BCUT2D eigenvalue weighted by Gasteiger charge is -2.09. The normalized spacial score (nSPS) is 15.1. The Morgan fingerprint density at radius 2 is 1.90 bits per heavy atom. The summed E-state index contributed by atoms with van der Waals surface area (Å²) in [5.74, 6) is 0. The van der Waals surface area contributed by atoms with Gasteiger partial charge in [-0.05, 0) is 71.1 Å². The van der Waals surface area contributed by atoms with E-state index in [4.69, 9.17) is 0 Å². The number of anilines is 1. The van der Waals surface area contributed by atoms with Crippen molar-refractivity contribution in [2.75, 3.05) is 4.72 Å². The highest BCUT2D eigenvalue weighted by molar-refractivity contribution is 14.1. The second-order valence-electron chi connectivity index (χ2n) is 4.98. The molecule has 2 N–H and O–H groups in total. The molecule has 1 aromatic carbocycles. The van der Waals surface area contributed by atoms with Crippen LogP contribution in [0.4, 0.5) is 5.69 Å². The highest BCUT2D eigenvalue weighted by atomic mass is 127. The Kier molecular flexibility index (Phi) is 4.53. The lowest BCUT2D eigenvalue weighted by molar-refractivity contribution is 0.599. The predicted octanol–water partition coefficient (Wildman–Crippen LogP) is 3.41. The van der Waals surface area contributed by atoms with Gasteiger partial charge in [0.15, 0.2) is 0 Å². The first-order valence-corrected chi connectivity index (χ1v) is 10.1. The fraction of sp³-hybridized carbons (Fsp3) is 0.286. The maximum Gasteiger partial charge on any atom is 0.263 e. The van der Waals surface area contributed by atoms with Gasteiger partial charge < -0.3 is 5.32 Å². The third-order valence-corrected chi connectivity index (χ3v) is 6.45. The molecular formula is C14H15IN2O2S2. The summed E-state index contributed by atoms with van der Waals surface area (Å²) >= 11 is 3.67. The Bertz CT molecular complexity index is 722. The van der Waals surface area contributed by atoms with E-state index in [0.29, 0.717) is 23.2 Å². The van der Waals surface area contributed by atoms with Crippen LogP contribution in [-0.2, 0) is 16.6 Å². The van der Waals surface area contributed by atoms with Gasteiger partial charge in [-0.3, -0.25) is 4.72 Å². The highest BCUT2D eigenvalue weighted by Crippen LogP contribution is 2.26. The number of halogens is 1. The lowest BCUT2D eigenvalue weighted by atomic mass is 10.3. The average Bonchev–Trinajstić information content (AvgIpc) is 3.14. The molecule has 112 valence electrons. The summed E-state index contributed by atoms with van der Waals surface area (Å²) in [5.41, 5.74) is 0.586. The third kappa shape index (κ3) is 3.97. The molecule has 0 saturated heterocycles. The molecule has 0 aliphatic heterocycles. The van der Waals surface area contributed by atoms with Gasteiger partial charge in [-0.15, -0.1) is 11.3 Å². The molecular weight excluding hydrogens is 419 g/mol. The molecule has 1 aliphatic rings. The number of hydrogen-bond acceptors (Lipinski definition) is 4. The molecule has 0 unspecified atom stereocenters. The van der Waals surface area contributed by atoms with Crippen LogP contribution >= 0.6 is 33.9 Å². The molecule has 0 radical (unpaired) electrons. The molecule has 7 heteroatoms. The fourth-order valence-electron chi connectivity index (χ4n) is 1.95. The number of thiophene rings is 1. The first-order chi connectivity index (χ1) is 10.0. The van der Waals surface area contributed by atoms with Gasteiger partial charge >= 0.3 is 0 Å². The average molecular weight is 434 g/mol. The van der Waals surface area contributed by atoms with Crippen LogP contribution in [0.5, 0.6) is 0 Å². The number of sulfonamides is 1. The Balaban J connectivity index is 1.77. The van der Waals surface area contributed by atoms with Crippen LogP contribution in [-0.4, -0.2) is 14.5 Å². The van der Waals surface area contributed by atoms with E-state index < -0.39 is 10.0 Å². The minimum atomic E-state index is -3.52. The van der Waals surface area contributed by atoms with Crippen molar-refractivity contribution in [1.29, 1.82) is 0 Å². The van der Waals surface area contributed by atoms with Crippen LogP contribution in [0, 0.1) is 3.57 Å². The number of rotatable bonds is 6. The lowest BCUT2D eigenvalue weighted by Crippen LogP contribution is -2.18. The van der Waals surface area contributed by atoms with Gasteiger partial charge in [-0.25, -0.2) is 8.42 Å². The Hall–Kier alpha value is -0.640. The molecule has 1 saturated carbocycles. The minimum Gasteiger partial charge on any atom is -0.309 e. The topological polar surface area (TPSA) is 58.2 Å². The Labute approximate surface area is 142 Å². The Morgan fingerprint density at radius 1 is 1.19 bits per heavy atom. The van der Waals surface area contributed by atoms with Crippen LogP contribution in [0.2, 0.25) is 0 Å². The monoisotopic (exact) mass is 434 g/mol. The van der Waals surface area contributed by atoms with Gasteiger partial charge in [-0.2, -0.15) is 0 Å². The second-order valence-corrected chi connectivity index (χ2v) is 8.87. The van der Waals surface area contributed by atoms with Gasteiger partial charge in [0.1, 0.15) is 4.90 Å². The van der Waals surface area contributed by atoms with Gasteiger partial charge in [-0.1, -0.05) is 0 Å². The van der Waals surface area contributed by atoms with E-state index in [0.717, 1.165) is 8.45 Å². The van der Waals surface area contributed by atoms with E-state index in [2.05, 4.69) is 32.6 Å². The zero-order chi connectivity index (χ0) is 14.9. The molecule has 4 nitrogen and oxygen atoms in total. The first-order valence-electron chi connectivity index (χ1n) is 6.63. The SMILES string of the molecule is O=S(=O)(Nc1ccc(I)cc1)c1ccsc1CNC1CC1. The van der Waals surface area contributed by atoms with E-state index in [-0.39, 0.29) is 0 Å². The standard InChI is InChI=1S/C14H15IN2O2S2/c15-10-1-3-12(4-2-10)17-21(18,19)14-7-8-20-13(14)9-16-11-5-6-11/h1-4,7-8,11,16-17H,5-6,9H2. The summed E-state index contributed by atoms with van der Waals surface area (Å²) in [6.07, 6.45) is 2.38. The van der Waals surface area contributed by atoms with Crippen molar-refractivity contribution < 1.29 is 8.42 Å². The molecule has 1 aromatic heterocycles. The quantitative estimate of drug-likeness (QED) is 0.686. The molecule has 0 spiro atoms. The third-order valence-electron chi connectivity index (χ3n) is 3.22. The van der Waals surface area contributed by atoms with Crippen molar-refractivity contribution in [1.82, 2.24) is 5.32 Å². The van der Waals surface area contributed by atoms with Crippen molar-refractivity contribution in [2.45, 2.75) is 30.3 Å². The van der Waals surface area contributed by atoms with Crippen LogP contribution in [0.1, 0.15) is 17.7 Å². The maximum atomic E-state index is 12.5. The van der Waals surface area contributed by atoms with E-state index >= 15 is 0 Å². The minimum absolute atomic E-state index is 0.374. The van der Waals surface area contributed by atoms with E-state index in [1.807, 2.05) is 17.5 Å². The smallest absolute Gasteiger partial charge is 0.263 e. The largest absolute Gasteiger partial charge is 0.309 e. The van der Waals surface area contributed by atoms with Gasteiger partial charge in [0.2, 0.25) is 0 Å². The van der Waals surface area contributed by atoms with Crippen molar-refractivity contribution in [3.8, 4) is 0 Å².